The molecule has 54 heavy (non-hydrogen) atoms. The molecule has 1 saturated heterocycles. The van der Waals surface area contributed by atoms with E-state index in [1.807, 2.05) is 24.3 Å². The van der Waals surface area contributed by atoms with Gasteiger partial charge in [0.05, 0.1) is 24.0 Å². The largest absolute Gasteiger partial charge is 0.465 e. The minimum atomic E-state index is -1.36. The highest BCUT2D eigenvalue weighted by molar-refractivity contribution is 6.37. The molecular formula is C37H49N9O8. The maximum Gasteiger partial charge on any atom is 0.404 e. The summed E-state index contributed by atoms with van der Waals surface area (Å²) in [5, 5.41) is 37.3. The number of benzene rings is 1. The molecule has 1 aromatic carbocycles. The zero-order chi connectivity index (χ0) is 39.0. The van der Waals surface area contributed by atoms with Gasteiger partial charge in [-0.25, -0.2) is 9.48 Å². The van der Waals surface area contributed by atoms with Crippen LogP contribution in [-0.2, 0) is 24.8 Å². The molecule has 2 fully saturated rings. The number of pyridine rings is 1. The quantitative estimate of drug-likeness (QED) is 0.0912. The predicted octanol–water partition coefficient (Wildman–Crippen LogP) is 1.94. The number of primary amides is 1. The van der Waals surface area contributed by atoms with Gasteiger partial charge in [-0.05, 0) is 56.9 Å². The van der Waals surface area contributed by atoms with Crippen LogP contribution in [0.5, 0.6) is 0 Å². The Morgan fingerprint density at radius 1 is 0.981 bits per heavy atom. The van der Waals surface area contributed by atoms with Crippen molar-refractivity contribution in [2.75, 3.05) is 13.1 Å². The molecule has 0 bridgehead atoms. The lowest BCUT2D eigenvalue weighted by molar-refractivity contribution is -0.142. The van der Waals surface area contributed by atoms with E-state index in [1.165, 1.54) is 15.8 Å². The second kappa shape index (κ2) is 17.6. The van der Waals surface area contributed by atoms with Crippen LogP contribution < -0.4 is 21.7 Å². The Hall–Kier alpha value is -5.45. The van der Waals surface area contributed by atoms with E-state index in [1.54, 1.807) is 26.1 Å². The van der Waals surface area contributed by atoms with Gasteiger partial charge in [0, 0.05) is 31.1 Å². The predicted molar refractivity (Wildman–Crippen MR) is 195 cm³/mol. The zero-order valence-electron chi connectivity index (χ0n) is 30.6. The summed E-state index contributed by atoms with van der Waals surface area (Å²) < 4.78 is 1.47. The number of likely N-dealkylation sites (tertiary alicyclic amines) is 1. The number of nitrogens with one attached hydrogen (secondary N) is 3. The number of hydrogen-bond acceptors (Lipinski definition) is 10. The monoisotopic (exact) mass is 747 g/mol. The molecule has 2 aliphatic rings. The number of rotatable bonds is 16. The number of carbonyl (C=O) groups is 6. The van der Waals surface area contributed by atoms with Crippen LogP contribution in [-0.4, -0.2) is 102 Å². The Balaban J connectivity index is 1.44. The summed E-state index contributed by atoms with van der Waals surface area (Å²) in [7, 11) is 0. The van der Waals surface area contributed by atoms with Crippen molar-refractivity contribution in [3.63, 3.8) is 0 Å². The number of fused-ring (bicyclic) bond motifs is 1. The third-order valence-electron chi connectivity index (χ3n) is 10.2. The summed E-state index contributed by atoms with van der Waals surface area (Å²) in [6.45, 7) is 3.18. The summed E-state index contributed by atoms with van der Waals surface area (Å²) in [6.07, 6.45) is 7.56. The second-order valence-corrected chi connectivity index (χ2v) is 14.7. The number of amides is 5. The Bertz CT molecular complexity index is 1850. The molecule has 17 nitrogen and oxygen atoms in total. The summed E-state index contributed by atoms with van der Waals surface area (Å²) >= 11 is 0. The first kappa shape index (κ1) is 39.8. The van der Waals surface area contributed by atoms with Crippen LogP contribution in [0.25, 0.3) is 10.8 Å². The van der Waals surface area contributed by atoms with E-state index in [0.29, 0.717) is 18.5 Å². The van der Waals surface area contributed by atoms with Crippen molar-refractivity contribution < 1.29 is 39.0 Å². The summed E-state index contributed by atoms with van der Waals surface area (Å²) in [5.41, 5.74) is 4.45. The van der Waals surface area contributed by atoms with Crippen LogP contribution in [0.3, 0.4) is 0 Å². The number of carbonyl (C=O) groups excluding carboxylic acids is 5. The van der Waals surface area contributed by atoms with E-state index in [0.717, 1.165) is 42.9 Å². The van der Waals surface area contributed by atoms with Gasteiger partial charge in [-0.2, -0.15) is 0 Å². The van der Waals surface area contributed by atoms with Crippen LogP contribution in [0.2, 0.25) is 0 Å². The lowest BCUT2D eigenvalue weighted by Gasteiger charge is -2.32. The van der Waals surface area contributed by atoms with Gasteiger partial charge in [-0.3, -0.25) is 29.0 Å². The average Bonchev–Trinajstić information content (AvgIpc) is 3.82. The fourth-order valence-electron chi connectivity index (χ4n) is 7.43. The van der Waals surface area contributed by atoms with Crippen molar-refractivity contribution in [3.05, 3.63) is 54.1 Å². The van der Waals surface area contributed by atoms with Crippen LogP contribution in [0.4, 0.5) is 4.79 Å². The fraction of sp³-hybridized carbons (Fsp3) is 0.541. The Kier molecular flexibility index (Phi) is 12.9. The summed E-state index contributed by atoms with van der Waals surface area (Å²) in [6, 6.07) is 4.96. The number of unbranched alkanes of at least 4 members (excludes halogenated alkanes) is 1. The van der Waals surface area contributed by atoms with Crippen LogP contribution in [0.15, 0.2) is 42.7 Å². The Morgan fingerprint density at radius 2 is 1.70 bits per heavy atom. The molecular weight excluding hydrogens is 698 g/mol. The molecule has 0 radical (unpaired) electrons. The maximum atomic E-state index is 14.8. The van der Waals surface area contributed by atoms with Crippen molar-refractivity contribution >= 4 is 46.3 Å². The molecule has 5 amide bonds. The number of nitrogens with zero attached hydrogens (tertiary/aromatic N) is 5. The standard InChI is InChI=1S/C37H49N9O8/c1-37(2,54)30-20-41-44-46(30)25-18-29(34(50)42-26(31(47)32(38)48)14-8-9-15-39-36(52)53)45(21-25)35(51)28(16-22-10-4-3-5-11-22)43-33(49)27-17-23-12-6-7-13-24(23)19-40-27/h6-7,12-13,17,19-20,22,25-26,28-29,39,54H,3-5,8-11,14-16,18,21H2,1-2H3,(H2,38,48)(H,42,50)(H,43,49)(H,52,53)/t25-,26?,28?,29-/m0/s1. The van der Waals surface area contributed by atoms with Gasteiger partial charge in [0.25, 0.3) is 11.8 Å². The third kappa shape index (κ3) is 9.94. The second-order valence-electron chi connectivity index (χ2n) is 14.7. The van der Waals surface area contributed by atoms with Crippen molar-refractivity contribution in [1.82, 2.24) is 40.8 Å². The highest BCUT2D eigenvalue weighted by Gasteiger charge is 2.45. The lowest BCUT2D eigenvalue weighted by Crippen LogP contribution is -2.56. The molecule has 1 aliphatic carbocycles. The first-order valence-corrected chi connectivity index (χ1v) is 18.4. The van der Waals surface area contributed by atoms with Crippen molar-refractivity contribution in [2.45, 2.75) is 108 Å². The van der Waals surface area contributed by atoms with E-state index in [2.05, 4.69) is 31.2 Å². The number of nitrogens with two attached hydrogens (primary N) is 1. The number of aliphatic hydroxyl groups is 1. The Morgan fingerprint density at radius 3 is 2.39 bits per heavy atom. The average molecular weight is 748 g/mol. The molecule has 4 atom stereocenters. The van der Waals surface area contributed by atoms with E-state index in [9.17, 15) is 33.9 Å². The first-order valence-electron chi connectivity index (χ1n) is 18.4. The molecule has 5 rings (SSSR count). The van der Waals surface area contributed by atoms with E-state index < -0.39 is 65.3 Å². The van der Waals surface area contributed by atoms with Crippen molar-refractivity contribution in [1.29, 1.82) is 0 Å². The number of hydrogen-bond donors (Lipinski definition) is 6. The molecule has 1 saturated carbocycles. The first-order chi connectivity index (χ1) is 25.7. The molecule has 2 unspecified atom stereocenters. The lowest BCUT2D eigenvalue weighted by atomic mass is 9.84. The third-order valence-corrected chi connectivity index (χ3v) is 10.2. The van der Waals surface area contributed by atoms with E-state index >= 15 is 0 Å². The fourth-order valence-corrected chi connectivity index (χ4v) is 7.43. The number of aromatic nitrogens is 4. The van der Waals surface area contributed by atoms with E-state index in [4.69, 9.17) is 10.8 Å². The summed E-state index contributed by atoms with van der Waals surface area (Å²) in [5.74, 6) is -3.92. The molecule has 7 N–H and O–H groups in total. The van der Waals surface area contributed by atoms with Gasteiger partial charge in [0.15, 0.2) is 0 Å². The Labute approximate surface area is 312 Å². The topological polar surface area (TPSA) is 252 Å². The maximum absolute atomic E-state index is 14.8. The SMILES string of the molecule is CC(C)(O)c1cnnn1[C@H]1C[C@@H](C(=O)NC(CCCCNC(=O)O)C(=O)C(N)=O)N(C(=O)C(CC2CCCCC2)NC(=O)c2cc3ccccc3cn2)C1. The minimum Gasteiger partial charge on any atom is -0.465 e. The number of ketones is 1. The molecule has 17 heteroatoms. The molecule has 290 valence electrons. The molecule has 3 heterocycles. The van der Waals surface area contributed by atoms with E-state index in [-0.39, 0.29) is 44.0 Å². The minimum absolute atomic E-state index is 0.00997. The molecule has 0 spiro atoms. The van der Waals surface area contributed by atoms with Gasteiger partial charge in [0.2, 0.25) is 17.6 Å². The van der Waals surface area contributed by atoms with Gasteiger partial charge in [0.1, 0.15) is 23.4 Å². The van der Waals surface area contributed by atoms with Gasteiger partial charge in [-0.15, -0.1) is 5.10 Å². The molecule has 2 aromatic heterocycles. The van der Waals surface area contributed by atoms with Gasteiger partial charge >= 0.3 is 6.09 Å². The smallest absolute Gasteiger partial charge is 0.404 e. The molecule has 3 aromatic rings. The van der Waals surface area contributed by atoms with Crippen molar-refractivity contribution in [3.8, 4) is 0 Å². The highest BCUT2D eigenvalue weighted by Crippen LogP contribution is 2.33. The van der Waals surface area contributed by atoms with Crippen LogP contribution in [0.1, 0.15) is 100 Å². The zero-order valence-corrected chi connectivity index (χ0v) is 30.6. The highest BCUT2D eigenvalue weighted by atomic mass is 16.4. The van der Waals surface area contributed by atoms with Gasteiger partial charge < -0.3 is 36.8 Å². The van der Waals surface area contributed by atoms with Crippen LogP contribution >= 0.6 is 0 Å². The van der Waals surface area contributed by atoms with Gasteiger partial charge in [-0.1, -0.05) is 61.6 Å². The van der Waals surface area contributed by atoms with Crippen molar-refractivity contribution in [2.24, 2.45) is 11.7 Å². The molecule has 1 aliphatic heterocycles. The summed E-state index contributed by atoms with van der Waals surface area (Å²) in [4.78, 5) is 84.1. The number of Topliss-reactive ketones (excluding diaryl/α,β-unsaturated/α-hetero) is 1. The van der Waals surface area contributed by atoms with Crippen LogP contribution in [0, 0.1) is 5.92 Å². The number of carboxylic acid groups (broad SMARTS) is 1. The normalized spacial score (nSPS) is 18.8.